The largest absolute Gasteiger partial charge is 0.324 e. The lowest BCUT2D eigenvalue weighted by molar-refractivity contribution is 0.512. The number of halogens is 2. The average Bonchev–Trinajstić information content (AvgIpc) is 2.03. The predicted octanol–water partition coefficient (Wildman–Crippen LogP) is 1.77. The summed E-state index contributed by atoms with van der Waals surface area (Å²) in [4.78, 5) is 3.36. The van der Waals surface area contributed by atoms with E-state index in [9.17, 15) is 8.78 Å². The second-order valence-corrected chi connectivity index (χ2v) is 2.53. The topological polar surface area (TPSA) is 38.9 Å². The van der Waals surface area contributed by atoms with Crippen LogP contribution in [0.25, 0.3) is 0 Å². The van der Waals surface area contributed by atoms with Gasteiger partial charge in [-0.2, -0.15) is 0 Å². The normalized spacial score (nSPS) is 13.0. The monoisotopic (exact) mass is 172 g/mol. The zero-order chi connectivity index (χ0) is 9.14. The Bertz CT molecular complexity index is 256. The first-order valence-electron chi connectivity index (χ1n) is 3.71. The van der Waals surface area contributed by atoms with Crippen LogP contribution in [0, 0.1) is 11.6 Å². The third-order valence-electron chi connectivity index (χ3n) is 1.70. The number of pyridine rings is 1. The van der Waals surface area contributed by atoms with E-state index in [4.69, 9.17) is 5.73 Å². The fraction of sp³-hybridized carbons (Fsp3) is 0.375. The zero-order valence-electron chi connectivity index (χ0n) is 6.72. The Labute approximate surface area is 69.4 Å². The highest BCUT2D eigenvalue weighted by Crippen LogP contribution is 2.19. The second kappa shape index (κ2) is 3.58. The van der Waals surface area contributed by atoms with E-state index in [1.165, 1.54) is 0 Å². The van der Waals surface area contributed by atoms with E-state index in [1.54, 1.807) is 6.92 Å². The van der Waals surface area contributed by atoms with Crippen LogP contribution in [-0.2, 0) is 0 Å². The van der Waals surface area contributed by atoms with Crippen LogP contribution in [-0.4, -0.2) is 4.98 Å². The van der Waals surface area contributed by atoms with Crippen LogP contribution in [0.15, 0.2) is 12.4 Å². The highest BCUT2D eigenvalue weighted by molar-refractivity contribution is 5.18. The summed E-state index contributed by atoms with van der Waals surface area (Å²) in [6, 6.07) is -0.590. The van der Waals surface area contributed by atoms with Crippen molar-refractivity contribution < 1.29 is 8.78 Å². The molecule has 0 spiro atoms. The molecule has 1 rings (SSSR count). The number of aromatic nitrogens is 1. The van der Waals surface area contributed by atoms with Crippen LogP contribution in [0.2, 0.25) is 0 Å². The van der Waals surface area contributed by atoms with Crippen molar-refractivity contribution in [1.82, 2.24) is 4.98 Å². The summed E-state index contributed by atoms with van der Waals surface area (Å²) in [7, 11) is 0. The molecule has 66 valence electrons. The Morgan fingerprint density at radius 1 is 1.42 bits per heavy atom. The van der Waals surface area contributed by atoms with Crippen molar-refractivity contribution in [2.24, 2.45) is 5.73 Å². The van der Waals surface area contributed by atoms with Gasteiger partial charge in [0.05, 0.1) is 12.4 Å². The maximum absolute atomic E-state index is 12.9. The third-order valence-corrected chi connectivity index (χ3v) is 1.70. The van der Waals surface area contributed by atoms with Crippen LogP contribution >= 0.6 is 0 Å². The number of hydrogen-bond acceptors (Lipinski definition) is 2. The van der Waals surface area contributed by atoms with Crippen molar-refractivity contribution in [1.29, 1.82) is 0 Å². The van der Waals surface area contributed by atoms with Gasteiger partial charge in [-0.1, -0.05) is 6.92 Å². The minimum atomic E-state index is -0.677. The summed E-state index contributed by atoms with van der Waals surface area (Å²) < 4.78 is 25.8. The van der Waals surface area contributed by atoms with Crippen molar-refractivity contribution in [3.05, 3.63) is 29.6 Å². The van der Waals surface area contributed by atoms with Crippen molar-refractivity contribution in [2.75, 3.05) is 0 Å². The molecule has 2 N–H and O–H groups in total. The van der Waals surface area contributed by atoms with Gasteiger partial charge in [-0.15, -0.1) is 0 Å². The van der Waals surface area contributed by atoms with Gasteiger partial charge in [0.25, 0.3) is 0 Å². The van der Waals surface area contributed by atoms with E-state index >= 15 is 0 Å². The molecule has 0 aliphatic carbocycles. The highest BCUT2D eigenvalue weighted by Gasteiger charge is 2.14. The minimum absolute atomic E-state index is 0.0764. The molecule has 4 heteroatoms. The standard InChI is InChI=1S/C8H10F2N2/c1-2-7(11)8-5(9)3-12-4-6(8)10/h3-4,7H,2,11H2,1H3/t7-/m1/s1. The molecule has 0 radical (unpaired) electrons. The molecule has 0 bridgehead atoms. The Hall–Kier alpha value is -1.03. The maximum Gasteiger partial charge on any atom is 0.149 e. The molecule has 0 unspecified atom stereocenters. The SMILES string of the molecule is CC[C@@H](N)c1c(F)cncc1F. The first-order valence-corrected chi connectivity index (χ1v) is 3.71. The predicted molar refractivity (Wildman–Crippen MR) is 41.4 cm³/mol. The number of nitrogens with two attached hydrogens (primary N) is 1. The molecule has 1 aromatic heterocycles. The molecule has 12 heavy (non-hydrogen) atoms. The minimum Gasteiger partial charge on any atom is -0.324 e. The fourth-order valence-electron chi connectivity index (χ4n) is 0.980. The fourth-order valence-corrected chi connectivity index (χ4v) is 0.980. The van der Waals surface area contributed by atoms with Gasteiger partial charge in [0.2, 0.25) is 0 Å². The summed E-state index contributed by atoms with van der Waals surface area (Å²) >= 11 is 0. The van der Waals surface area contributed by atoms with Crippen molar-refractivity contribution >= 4 is 0 Å². The van der Waals surface area contributed by atoms with Gasteiger partial charge in [0.15, 0.2) is 0 Å². The first-order chi connectivity index (χ1) is 5.66. The Kier molecular flexibility index (Phi) is 2.70. The molecule has 0 fully saturated rings. The molecule has 1 atom stereocenters. The molecule has 1 heterocycles. The lowest BCUT2D eigenvalue weighted by Gasteiger charge is -2.10. The van der Waals surface area contributed by atoms with Crippen LogP contribution in [0.5, 0.6) is 0 Å². The molecule has 0 aromatic carbocycles. The second-order valence-electron chi connectivity index (χ2n) is 2.53. The molecule has 0 amide bonds. The number of nitrogens with zero attached hydrogens (tertiary/aromatic N) is 1. The number of rotatable bonds is 2. The molecular weight excluding hydrogens is 162 g/mol. The van der Waals surface area contributed by atoms with E-state index in [-0.39, 0.29) is 5.56 Å². The summed E-state index contributed by atoms with van der Waals surface area (Å²) in [5, 5.41) is 0. The lowest BCUT2D eigenvalue weighted by atomic mass is 10.1. The molecule has 2 nitrogen and oxygen atoms in total. The summed E-state index contributed by atoms with van der Waals surface area (Å²) in [6.07, 6.45) is 2.43. The van der Waals surface area contributed by atoms with Crippen molar-refractivity contribution in [2.45, 2.75) is 19.4 Å². The van der Waals surface area contributed by atoms with Crippen LogP contribution < -0.4 is 5.73 Å². The van der Waals surface area contributed by atoms with Crippen molar-refractivity contribution in [3.8, 4) is 0 Å². The van der Waals surface area contributed by atoms with E-state index in [0.29, 0.717) is 6.42 Å². The summed E-state index contributed by atoms with van der Waals surface area (Å²) in [6.45, 7) is 1.77. The molecular formula is C8H10F2N2. The van der Waals surface area contributed by atoms with E-state index in [1.807, 2.05) is 0 Å². The van der Waals surface area contributed by atoms with E-state index in [0.717, 1.165) is 12.4 Å². The Balaban J connectivity index is 3.12. The smallest absolute Gasteiger partial charge is 0.149 e. The molecule has 1 aromatic rings. The molecule has 0 saturated heterocycles. The van der Waals surface area contributed by atoms with Gasteiger partial charge in [0.1, 0.15) is 11.6 Å². The maximum atomic E-state index is 12.9. The zero-order valence-corrected chi connectivity index (χ0v) is 6.72. The molecule has 0 aliphatic heterocycles. The number of hydrogen-bond donors (Lipinski definition) is 1. The van der Waals surface area contributed by atoms with E-state index in [2.05, 4.69) is 4.98 Å². The third kappa shape index (κ3) is 1.58. The highest BCUT2D eigenvalue weighted by atomic mass is 19.1. The van der Waals surface area contributed by atoms with Gasteiger partial charge in [0, 0.05) is 11.6 Å². The van der Waals surface area contributed by atoms with Crippen LogP contribution in [0.4, 0.5) is 8.78 Å². The summed E-state index contributed by atoms with van der Waals surface area (Å²) in [5.41, 5.74) is 5.41. The van der Waals surface area contributed by atoms with Gasteiger partial charge in [-0.05, 0) is 6.42 Å². The Morgan fingerprint density at radius 3 is 2.33 bits per heavy atom. The molecule has 0 saturated carbocycles. The molecule has 0 aliphatic rings. The quantitative estimate of drug-likeness (QED) is 0.738. The summed E-state index contributed by atoms with van der Waals surface area (Å²) in [5.74, 6) is -1.35. The van der Waals surface area contributed by atoms with Crippen LogP contribution in [0.3, 0.4) is 0 Å². The van der Waals surface area contributed by atoms with Gasteiger partial charge >= 0.3 is 0 Å². The van der Waals surface area contributed by atoms with Gasteiger partial charge in [-0.25, -0.2) is 8.78 Å². The Morgan fingerprint density at radius 2 is 1.92 bits per heavy atom. The van der Waals surface area contributed by atoms with E-state index < -0.39 is 17.7 Å². The van der Waals surface area contributed by atoms with Crippen LogP contribution in [0.1, 0.15) is 24.9 Å². The van der Waals surface area contributed by atoms with Gasteiger partial charge < -0.3 is 5.73 Å². The van der Waals surface area contributed by atoms with Crippen molar-refractivity contribution in [3.63, 3.8) is 0 Å². The first kappa shape index (κ1) is 9.06. The lowest BCUT2D eigenvalue weighted by Crippen LogP contribution is -2.13. The van der Waals surface area contributed by atoms with Gasteiger partial charge in [-0.3, -0.25) is 4.98 Å². The average molecular weight is 172 g/mol.